The van der Waals surface area contributed by atoms with Crippen molar-refractivity contribution in [2.45, 2.75) is 10.8 Å². The van der Waals surface area contributed by atoms with Gasteiger partial charge >= 0.3 is 0 Å². The molecule has 1 aliphatic heterocycles. The third-order valence-electron chi connectivity index (χ3n) is 4.49. The topological polar surface area (TPSA) is 84.9 Å². The van der Waals surface area contributed by atoms with Crippen LogP contribution in [0.1, 0.15) is 15.9 Å². The largest absolute Gasteiger partial charge is 0.454 e. The molecule has 1 aromatic heterocycles. The van der Waals surface area contributed by atoms with Gasteiger partial charge in [-0.25, -0.2) is 8.42 Å². The first-order valence-corrected chi connectivity index (χ1v) is 11.1. The Bertz CT molecular complexity index is 1130. The molecule has 0 aliphatic carbocycles. The first-order valence-electron chi connectivity index (χ1n) is 8.74. The van der Waals surface area contributed by atoms with E-state index in [4.69, 9.17) is 9.47 Å². The number of anilines is 1. The number of hydrogen-bond acceptors (Lipinski definition) is 6. The average Bonchev–Trinajstić information content (AvgIpc) is 3.43. The zero-order valence-corrected chi connectivity index (χ0v) is 17.1. The van der Waals surface area contributed by atoms with Crippen LogP contribution in [0, 0.1) is 0 Å². The van der Waals surface area contributed by atoms with Crippen LogP contribution >= 0.6 is 11.3 Å². The lowest BCUT2D eigenvalue weighted by molar-refractivity contribution is 0.0951. The van der Waals surface area contributed by atoms with E-state index < -0.39 is 10.0 Å². The molecule has 0 unspecified atom stereocenters. The molecule has 1 aliphatic rings. The number of ether oxygens (including phenoxy) is 2. The molecule has 0 radical (unpaired) electrons. The molecule has 0 saturated carbocycles. The van der Waals surface area contributed by atoms with Gasteiger partial charge < -0.3 is 14.8 Å². The number of nitrogens with zero attached hydrogens (tertiary/aromatic N) is 1. The predicted molar refractivity (Wildman–Crippen MR) is 110 cm³/mol. The summed E-state index contributed by atoms with van der Waals surface area (Å²) in [4.78, 5) is 12.4. The average molecular weight is 431 g/mol. The molecular formula is C20H18N2O5S2. The molecular weight excluding hydrogens is 412 g/mol. The van der Waals surface area contributed by atoms with Crippen LogP contribution in [0.5, 0.6) is 11.5 Å². The molecule has 0 saturated heterocycles. The monoisotopic (exact) mass is 430 g/mol. The van der Waals surface area contributed by atoms with Gasteiger partial charge in [-0.05, 0) is 53.4 Å². The first kappa shape index (κ1) is 19.3. The van der Waals surface area contributed by atoms with Gasteiger partial charge in [0.15, 0.2) is 11.5 Å². The Hall–Kier alpha value is -3.04. The van der Waals surface area contributed by atoms with Gasteiger partial charge in [0.25, 0.3) is 15.9 Å². The SMILES string of the molecule is CN(c1ccc(C(=O)NCc2ccc3c(c2)OCO3)cc1)S(=O)(=O)c1cccs1. The Labute approximate surface area is 172 Å². The second-order valence-electron chi connectivity index (χ2n) is 6.32. The van der Waals surface area contributed by atoms with E-state index >= 15 is 0 Å². The third kappa shape index (κ3) is 3.92. The maximum absolute atomic E-state index is 12.6. The van der Waals surface area contributed by atoms with Gasteiger partial charge in [0.05, 0.1) is 5.69 Å². The number of nitrogens with one attached hydrogen (secondary N) is 1. The molecule has 0 spiro atoms. The lowest BCUT2D eigenvalue weighted by atomic mass is 10.1. The first-order chi connectivity index (χ1) is 13.9. The molecule has 1 N–H and O–H groups in total. The second kappa shape index (κ2) is 7.76. The number of rotatable bonds is 6. The van der Waals surface area contributed by atoms with Crippen molar-refractivity contribution in [1.29, 1.82) is 0 Å². The van der Waals surface area contributed by atoms with Gasteiger partial charge in [-0.3, -0.25) is 9.10 Å². The van der Waals surface area contributed by atoms with Gasteiger partial charge in [0, 0.05) is 19.2 Å². The molecule has 4 rings (SSSR count). The van der Waals surface area contributed by atoms with E-state index in [1.54, 1.807) is 41.8 Å². The normalized spacial score (nSPS) is 12.6. The summed E-state index contributed by atoms with van der Waals surface area (Å²) in [5.74, 6) is 1.10. The summed E-state index contributed by atoms with van der Waals surface area (Å²) in [5, 5.41) is 4.56. The van der Waals surface area contributed by atoms with Gasteiger partial charge in [-0.1, -0.05) is 12.1 Å². The Morgan fingerprint density at radius 3 is 2.59 bits per heavy atom. The van der Waals surface area contributed by atoms with Crippen molar-refractivity contribution in [3.63, 3.8) is 0 Å². The van der Waals surface area contributed by atoms with Crippen molar-refractivity contribution in [3.8, 4) is 11.5 Å². The van der Waals surface area contributed by atoms with Gasteiger partial charge in [-0.15, -0.1) is 11.3 Å². The summed E-state index contributed by atoms with van der Waals surface area (Å²) in [6.07, 6.45) is 0. The summed E-state index contributed by atoms with van der Waals surface area (Å²) >= 11 is 1.16. The van der Waals surface area contributed by atoms with Gasteiger partial charge in [0.1, 0.15) is 4.21 Å². The van der Waals surface area contributed by atoms with Crippen LogP contribution in [0.2, 0.25) is 0 Å². The smallest absolute Gasteiger partial charge is 0.273 e. The highest BCUT2D eigenvalue weighted by molar-refractivity contribution is 7.94. The maximum Gasteiger partial charge on any atom is 0.273 e. The van der Waals surface area contributed by atoms with E-state index in [0.717, 1.165) is 16.9 Å². The molecule has 2 aromatic carbocycles. The summed E-state index contributed by atoms with van der Waals surface area (Å²) in [7, 11) is -2.11. The van der Waals surface area contributed by atoms with Crippen molar-refractivity contribution >= 4 is 33.0 Å². The summed E-state index contributed by atoms with van der Waals surface area (Å²) < 4.78 is 37.3. The molecule has 1 amide bonds. The number of carbonyl (C=O) groups excluding carboxylic acids is 1. The zero-order chi connectivity index (χ0) is 20.4. The third-order valence-corrected chi connectivity index (χ3v) is 7.65. The standard InChI is InChI=1S/C20H18N2O5S2/c1-22(29(24,25)19-3-2-10-28-19)16-7-5-15(6-8-16)20(23)21-12-14-4-9-17-18(11-14)27-13-26-17/h2-11H,12-13H2,1H3,(H,21,23). The molecule has 0 atom stereocenters. The van der Waals surface area contributed by atoms with Crippen LogP contribution in [-0.4, -0.2) is 28.2 Å². The number of thiophene rings is 1. The molecule has 7 nitrogen and oxygen atoms in total. The van der Waals surface area contributed by atoms with E-state index in [9.17, 15) is 13.2 Å². The second-order valence-corrected chi connectivity index (χ2v) is 9.47. The lowest BCUT2D eigenvalue weighted by Crippen LogP contribution is -2.26. The van der Waals surface area contributed by atoms with E-state index in [-0.39, 0.29) is 16.9 Å². The quantitative estimate of drug-likeness (QED) is 0.649. The van der Waals surface area contributed by atoms with E-state index in [2.05, 4.69) is 5.32 Å². The van der Waals surface area contributed by atoms with E-state index in [0.29, 0.717) is 29.3 Å². The Morgan fingerprint density at radius 2 is 1.86 bits per heavy atom. The van der Waals surface area contributed by atoms with Crippen molar-refractivity contribution < 1.29 is 22.7 Å². The molecule has 0 bridgehead atoms. The fourth-order valence-corrected chi connectivity index (χ4v) is 5.20. The Balaban J connectivity index is 1.41. The van der Waals surface area contributed by atoms with Gasteiger partial charge in [0.2, 0.25) is 6.79 Å². The number of sulfonamides is 1. The fraction of sp³-hybridized carbons (Fsp3) is 0.150. The molecule has 0 fully saturated rings. The van der Waals surface area contributed by atoms with Crippen LogP contribution in [0.15, 0.2) is 64.2 Å². The molecule has 3 aromatic rings. The van der Waals surface area contributed by atoms with Gasteiger partial charge in [-0.2, -0.15) is 0 Å². The van der Waals surface area contributed by atoms with Crippen LogP contribution in [0.4, 0.5) is 5.69 Å². The summed E-state index contributed by atoms with van der Waals surface area (Å²) in [5.41, 5.74) is 1.81. The minimum absolute atomic E-state index is 0.203. The summed E-state index contributed by atoms with van der Waals surface area (Å²) in [6.45, 7) is 0.540. The summed E-state index contributed by atoms with van der Waals surface area (Å²) in [6, 6.07) is 15.2. The fourth-order valence-electron chi connectivity index (χ4n) is 2.84. The van der Waals surface area contributed by atoms with Crippen molar-refractivity contribution in [2.75, 3.05) is 18.1 Å². The number of hydrogen-bond donors (Lipinski definition) is 1. The molecule has 150 valence electrons. The van der Waals surface area contributed by atoms with E-state index in [1.165, 1.54) is 11.4 Å². The highest BCUT2D eigenvalue weighted by Crippen LogP contribution is 2.32. The van der Waals surface area contributed by atoms with Crippen LogP contribution in [0.25, 0.3) is 0 Å². The number of amides is 1. The minimum Gasteiger partial charge on any atom is -0.454 e. The number of carbonyl (C=O) groups is 1. The minimum atomic E-state index is -3.60. The predicted octanol–water partition coefficient (Wildman–Crippen LogP) is 3.23. The molecule has 29 heavy (non-hydrogen) atoms. The van der Waals surface area contributed by atoms with Crippen molar-refractivity contribution in [1.82, 2.24) is 5.32 Å². The van der Waals surface area contributed by atoms with Crippen LogP contribution < -0.4 is 19.1 Å². The number of fused-ring (bicyclic) bond motifs is 1. The Kier molecular flexibility index (Phi) is 5.16. The zero-order valence-electron chi connectivity index (χ0n) is 15.5. The van der Waals surface area contributed by atoms with E-state index in [1.807, 2.05) is 18.2 Å². The highest BCUT2D eigenvalue weighted by Gasteiger charge is 2.22. The van der Waals surface area contributed by atoms with Crippen LogP contribution in [0.3, 0.4) is 0 Å². The molecule has 2 heterocycles. The lowest BCUT2D eigenvalue weighted by Gasteiger charge is -2.18. The number of benzene rings is 2. The maximum atomic E-state index is 12.6. The highest BCUT2D eigenvalue weighted by atomic mass is 32.2. The van der Waals surface area contributed by atoms with Crippen molar-refractivity contribution in [2.24, 2.45) is 0 Å². The van der Waals surface area contributed by atoms with Crippen molar-refractivity contribution in [3.05, 3.63) is 71.1 Å². The van der Waals surface area contributed by atoms with Crippen LogP contribution in [-0.2, 0) is 16.6 Å². The Morgan fingerprint density at radius 1 is 1.10 bits per heavy atom. The molecule has 9 heteroatoms.